The number of nitrogens with zero attached hydrogens (tertiary/aromatic N) is 6. The van der Waals surface area contributed by atoms with E-state index < -0.39 is 0 Å². The number of pyridine rings is 1. The summed E-state index contributed by atoms with van der Waals surface area (Å²) in [5, 5.41) is 8.59. The van der Waals surface area contributed by atoms with Crippen LogP contribution in [-0.4, -0.2) is 69.0 Å². The van der Waals surface area contributed by atoms with Gasteiger partial charge >= 0.3 is 0 Å². The summed E-state index contributed by atoms with van der Waals surface area (Å²) < 4.78 is 12.7. The second kappa shape index (κ2) is 10.3. The number of imidazole rings is 1. The Morgan fingerprint density at radius 3 is 2.75 bits per heavy atom. The van der Waals surface area contributed by atoms with Gasteiger partial charge in [0.15, 0.2) is 22.8 Å². The number of methoxy groups -OCH3 is 1. The number of carbonyl (C=O) groups excluding carboxylic acids is 1. The van der Waals surface area contributed by atoms with Crippen LogP contribution in [0.4, 0.5) is 5.82 Å². The molecule has 11 nitrogen and oxygen atoms in total. The summed E-state index contributed by atoms with van der Waals surface area (Å²) in [5.41, 5.74) is 3.98. The zero-order chi connectivity index (χ0) is 22.3. The SMILES string of the molecule is COc1ccc(-c2nc(N3CCOCC3)c3ncn(CCCCCC(=O)NO)c3n2)cn1. The maximum absolute atomic E-state index is 11.2. The van der Waals surface area contributed by atoms with Gasteiger partial charge in [-0.2, -0.15) is 0 Å². The molecule has 0 aromatic carbocycles. The van der Waals surface area contributed by atoms with Crippen molar-refractivity contribution in [3.63, 3.8) is 0 Å². The van der Waals surface area contributed by atoms with Gasteiger partial charge in [-0.1, -0.05) is 6.42 Å². The summed E-state index contributed by atoms with van der Waals surface area (Å²) in [6, 6.07) is 3.68. The second-order valence-corrected chi connectivity index (χ2v) is 7.52. The Morgan fingerprint density at radius 2 is 2.03 bits per heavy atom. The molecule has 0 saturated carbocycles. The Labute approximate surface area is 185 Å². The molecule has 1 aliphatic rings. The number of fused-ring (bicyclic) bond motifs is 1. The number of aryl methyl sites for hydroxylation is 1. The molecule has 32 heavy (non-hydrogen) atoms. The normalized spacial score (nSPS) is 14.0. The zero-order valence-corrected chi connectivity index (χ0v) is 18.0. The largest absolute Gasteiger partial charge is 0.481 e. The Hall–Kier alpha value is -3.31. The molecule has 1 aliphatic heterocycles. The number of anilines is 1. The highest BCUT2D eigenvalue weighted by Crippen LogP contribution is 2.28. The lowest BCUT2D eigenvalue weighted by atomic mass is 10.2. The van der Waals surface area contributed by atoms with E-state index in [0.717, 1.165) is 55.0 Å². The van der Waals surface area contributed by atoms with E-state index in [1.165, 1.54) is 0 Å². The molecule has 0 atom stereocenters. The van der Waals surface area contributed by atoms with E-state index in [4.69, 9.17) is 24.6 Å². The maximum atomic E-state index is 11.2. The highest BCUT2D eigenvalue weighted by atomic mass is 16.5. The molecule has 0 aliphatic carbocycles. The van der Waals surface area contributed by atoms with Gasteiger partial charge in [-0.05, 0) is 18.9 Å². The fourth-order valence-corrected chi connectivity index (χ4v) is 3.65. The molecule has 1 saturated heterocycles. The highest BCUT2D eigenvalue weighted by molar-refractivity contribution is 5.85. The Kier molecular flexibility index (Phi) is 7.07. The van der Waals surface area contributed by atoms with Crippen LogP contribution in [0.3, 0.4) is 0 Å². The van der Waals surface area contributed by atoms with Crippen LogP contribution in [-0.2, 0) is 16.1 Å². The molecule has 0 radical (unpaired) electrons. The van der Waals surface area contributed by atoms with Gasteiger partial charge in [-0.25, -0.2) is 25.4 Å². The van der Waals surface area contributed by atoms with E-state index in [2.05, 4.69) is 14.9 Å². The number of ether oxygens (including phenoxy) is 2. The van der Waals surface area contributed by atoms with Crippen molar-refractivity contribution in [2.75, 3.05) is 38.3 Å². The third kappa shape index (κ3) is 4.94. The van der Waals surface area contributed by atoms with Gasteiger partial charge in [-0.3, -0.25) is 10.0 Å². The molecular formula is C21H27N7O4. The van der Waals surface area contributed by atoms with Crippen molar-refractivity contribution in [2.24, 2.45) is 0 Å². The third-order valence-electron chi connectivity index (χ3n) is 5.39. The number of aromatic nitrogens is 5. The van der Waals surface area contributed by atoms with Crippen LogP contribution >= 0.6 is 0 Å². The molecule has 4 heterocycles. The molecule has 2 N–H and O–H groups in total. The first-order chi connectivity index (χ1) is 15.7. The molecule has 0 bridgehead atoms. The van der Waals surface area contributed by atoms with Crippen molar-refractivity contribution in [1.82, 2.24) is 30.0 Å². The minimum Gasteiger partial charge on any atom is -0.481 e. The van der Waals surface area contributed by atoms with E-state index in [1.807, 2.05) is 10.6 Å². The average molecular weight is 441 g/mol. The minimum absolute atomic E-state index is 0.305. The third-order valence-corrected chi connectivity index (χ3v) is 5.39. The predicted molar refractivity (Wildman–Crippen MR) is 117 cm³/mol. The molecule has 3 aromatic rings. The zero-order valence-electron chi connectivity index (χ0n) is 18.0. The summed E-state index contributed by atoms with van der Waals surface area (Å²) in [6.07, 6.45) is 6.22. The smallest absolute Gasteiger partial charge is 0.243 e. The van der Waals surface area contributed by atoms with E-state index >= 15 is 0 Å². The van der Waals surface area contributed by atoms with Crippen molar-refractivity contribution >= 4 is 22.9 Å². The van der Waals surface area contributed by atoms with E-state index in [0.29, 0.717) is 37.8 Å². The quantitative estimate of drug-likeness (QED) is 0.290. The van der Waals surface area contributed by atoms with Crippen LogP contribution in [0, 0.1) is 0 Å². The summed E-state index contributed by atoms with van der Waals surface area (Å²) in [5.74, 6) is 1.54. The fraction of sp³-hybridized carbons (Fsp3) is 0.476. The first-order valence-electron chi connectivity index (χ1n) is 10.7. The number of morpholine rings is 1. The lowest BCUT2D eigenvalue weighted by Gasteiger charge is -2.28. The second-order valence-electron chi connectivity index (χ2n) is 7.52. The summed E-state index contributed by atoms with van der Waals surface area (Å²) in [7, 11) is 1.58. The predicted octanol–water partition coefficient (Wildman–Crippen LogP) is 1.80. The first-order valence-corrected chi connectivity index (χ1v) is 10.7. The van der Waals surface area contributed by atoms with Crippen LogP contribution in [0.25, 0.3) is 22.6 Å². The fourth-order valence-electron chi connectivity index (χ4n) is 3.65. The maximum Gasteiger partial charge on any atom is 0.243 e. The van der Waals surface area contributed by atoms with Gasteiger partial charge < -0.3 is 18.9 Å². The van der Waals surface area contributed by atoms with Gasteiger partial charge in [0.25, 0.3) is 0 Å². The number of unbranched alkanes of at least 4 members (excludes halogenated alkanes) is 2. The number of amides is 1. The molecule has 0 spiro atoms. The highest BCUT2D eigenvalue weighted by Gasteiger charge is 2.21. The van der Waals surface area contributed by atoms with Crippen LogP contribution < -0.4 is 15.1 Å². The van der Waals surface area contributed by atoms with Crippen molar-refractivity contribution in [1.29, 1.82) is 0 Å². The van der Waals surface area contributed by atoms with E-state index in [1.54, 1.807) is 31.2 Å². The number of hydrogen-bond acceptors (Lipinski definition) is 9. The first kappa shape index (κ1) is 21.9. The topological polar surface area (TPSA) is 128 Å². The van der Waals surface area contributed by atoms with Gasteiger partial charge in [0.1, 0.15) is 0 Å². The molecule has 11 heteroatoms. The van der Waals surface area contributed by atoms with Crippen molar-refractivity contribution < 1.29 is 19.5 Å². The summed E-state index contributed by atoms with van der Waals surface area (Å²) in [6.45, 7) is 3.50. The van der Waals surface area contributed by atoms with Crippen LogP contribution in [0.1, 0.15) is 25.7 Å². The van der Waals surface area contributed by atoms with E-state index in [9.17, 15) is 4.79 Å². The van der Waals surface area contributed by atoms with Gasteiger partial charge in [0, 0.05) is 43.9 Å². The minimum atomic E-state index is -0.362. The molecule has 1 amide bonds. The van der Waals surface area contributed by atoms with Crippen LogP contribution in [0.2, 0.25) is 0 Å². The molecule has 3 aromatic heterocycles. The number of hydroxylamine groups is 1. The molecular weight excluding hydrogens is 414 g/mol. The Morgan fingerprint density at radius 1 is 1.19 bits per heavy atom. The summed E-state index contributed by atoms with van der Waals surface area (Å²) >= 11 is 0. The monoisotopic (exact) mass is 441 g/mol. The molecule has 4 rings (SSSR count). The Bertz CT molecular complexity index is 1050. The van der Waals surface area contributed by atoms with Gasteiger partial charge in [-0.15, -0.1) is 0 Å². The van der Waals surface area contributed by atoms with E-state index in [-0.39, 0.29) is 5.91 Å². The number of carbonyl (C=O) groups is 1. The number of rotatable bonds is 9. The average Bonchev–Trinajstić information content (AvgIpc) is 3.26. The lowest BCUT2D eigenvalue weighted by Crippen LogP contribution is -2.37. The lowest BCUT2D eigenvalue weighted by molar-refractivity contribution is -0.129. The number of hydrogen-bond donors (Lipinski definition) is 2. The van der Waals surface area contributed by atoms with Gasteiger partial charge in [0.2, 0.25) is 11.8 Å². The Balaban J connectivity index is 1.61. The van der Waals surface area contributed by atoms with Crippen molar-refractivity contribution in [2.45, 2.75) is 32.2 Å². The molecule has 170 valence electrons. The molecule has 0 unspecified atom stereocenters. The number of nitrogens with one attached hydrogen (secondary N) is 1. The van der Waals surface area contributed by atoms with Crippen molar-refractivity contribution in [3.8, 4) is 17.3 Å². The van der Waals surface area contributed by atoms with Gasteiger partial charge in [0.05, 0.1) is 26.7 Å². The van der Waals surface area contributed by atoms with Crippen LogP contribution in [0.15, 0.2) is 24.7 Å². The summed E-state index contributed by atoms with van der Waals surface area (Å²) in [4.78, 5) is 31.9. The standard InChI is InChI=1S/C21H27N7O4/c1-31-17-7-6-15(13-22-17)19-24-20(27-9-11-32-12-10-27)18-21(25-19)28(14-23-18)8-4-2-3-5-16(29)26-30/h6-7,13-14,30H,2-5,8-12H2,1H3,(H,26,29). The molecule has 1 fully saturated rings. The van der Waals surface area contributed by atoms with Crippen LogP contribution in [0.5, 0.6) is 5.88 Å². The van der Waals surface area contributed by atoms with Crippen molar-refractivity contribution in [3.05, 3.63) is 24.7 Å².